The van der Waals surface area contributed by atoms with E-state index in [1.54, 1.807) is 24.3 Å². The summed E-state index contributed by atoms with van der Waals surface area (Å²) in [6.07, 6.45) is 1.51. The molecule has 27 heavy (non-hydrogen) atoms. The third-order valence-corrected chi connectivity index (χ3v) is 4.96. The second kappa shape index (κ2) is 8.73. The van der Waals surface area contributed by atoms with Gasteiger partial charge in [0.15, 0.2) is 11.6 Å². The van der Waals surface area contributed by atoms with Crippen LogP contribution in [0, 0.1) is 5.92 Å². The molecule has 0 aliphatic carbocycles. The predicted molar refractivity (Wildman–Crippen MR) is 105 cm³/mol. The summed E-state index contributed by atoms with van der Waals surface area (Å²) in [5, 5.41) is 2.83. The fraction of sp³-hybridized carbons (Fsp3) is 0.318. The van der Waals surface area contributed by atoms with E-state index >= 15 is 0 Å². The Morgan fingerprint density at radius 1 is 0.963 bits per heavy atom. The van der Waals surface area contributed by atoms with Crippen LogP contribution in [0.1, 0.15) is 40.5 Å². The summed E-state index contributed by atoms with van der Waals surface area (Å²) < 4.78 is 0. The average Bonchev–Trinajstić information content (AvgIpc) is 2.69. The molecule has 1 aliphatic heterocycles. The van der Waals surface area contributed by atoms with Crippen molar-refractivity contribution in [3.63, 3.8) is 0 Å². The van der Waals surface area contributed by atoms with Crippen LogP contribution in [-0.4, -0.2) is 42.0 Å². The highest BCUT2D eigenvalue weighted by Crippen LogP contribution is 2.22. The largest absolute Gasteiger partial charge is 0.324 e. The van der Waals surface area contributed by atoms with Crippen LogP contribution in [0.5, 0.6) is 0 Å². The van der Waals surface area contributed by atoms with Gasteiger partial charge in [-0.1, -0.05) is 42.5 Å². The molecule has 2 aromatic rings. The zero-order valence-electron chi connectivity index (χ0n) is 15.5. The maximum absolute atomic E-state index is 12.5. The molecule has 0 atom stereocenters. The highest BCUT2D eigenvalue weighted by atomic mass is 16.2. The van der Waals surface area contributed by atoms with Gasteiger partial charge in [0.05, 0.1) is 12.2 Å². The summed E-state index contributed by atoms with van der Waals surface area (Å²) in [5.74, 6) is -0.0112. The predicted octanol–water partition coefficient (Wildman–Crippen LogP) is 3.42. The van der Waals surface area contributed by atoms with E-state index in [2.05, 4.69) is 10.2 Å². The normalized spacial score (nSPS) is 15.3. The van der Waals surface area contributed by atoms with Crippen LogP contribution >= 0.6 is 0 Å². The number of nitrogens with zero attached hydrogens (tertiary/aromatic N) is 1. The number of likely N-dealkylation sites (tertiary alicyclic amines) is 1. The minimum absolute atomic E-state index is 0.0187. The van der Waals surface area contributed by atoms with Gasteiger partial charge in [-0.05, 0) is 45.0 Å². The van der Waals surface area contributed by atoms with Crippen molar-refractivity contribution in [1.29, 1.82) is 0 Å². The number of piperidine rings is 1. The Morgan fingerprint density at radius 2 is 1.59 bits per heavy atom. The average molecular weight is 364 g/mol. The summed E-state index contributed by atoms with van der Waals surface area (Å²) in [6.45, 7) is 3.17. The van der Waals surface area contributed by atoms with Crippen LogP contribution in [0.25, 0.3) is 0 Å². The van der Waals surface area contributed by atoms with Gasteiger partial charge in [-0.25, -0.2) is 0 Å². The SMILES string of the molecule is CC(=O)c1ccccc1NC(=O)CN1CCC(C(=O)c2ccccc2)CC1. The number of benzene rings is 2. The monoisotopic (exact) mass is 364 g/mol. The Bertz CT molecular complexity index is 824. The number of hydrogen-bond acceptors (Lipinski definition) is 4. The maximum Gasteiger partial charge on any atom is 0.238 e. The van der Waals surface area contributed by atoms with Crippen LogP contribution in [0.2, 0.25) is 0 Å². The number of ketones is 2. The molecule has 140 valence electrons. The number of carbonyl (C=O) groups excluding carboxylic acids is 3. The number of rotatable bonds is 6. The number of carbonyl (C=O) groups is 3. The zero-order valence-corrected chi connectivity index (χ0v) is 15.5. The zero-order chi connectivity index (χ0) is 19.2. The molecule has 3 rings (SSSR count). The molecule has 0 saturated carbocycles. The third-order valence-electron chi connectivity index (χ3n) is 4.96. The summed E-state index contributed by atoms with van der Waals surface area (Å²) in [5.41, 5.74) is 1.82. The molecule has 1 saturated heterocycles. The van der Waals surface area contributed by atoms with Crippen LogP contribution in [0.3, 0.4) is 0 Å². The lowest BCUT2D eigenvalue weighted by Gasteiger charge is -2.30. The smallest absolute Gasteiger partial charge is 0.238 e. The fourth-order valence-electron chi connectivity index (χ4n) is 3.48. The lowest BCUT2D eigenvalue weighted by atomic mass is 9.89. The number of anilines is 1. The first-order valence-corrected chi connectivity index (χ1v) is 9.26. The molecule has 1 fully saturated rings. The minimum Gasteiger partial charge on any atom is -0.324 e. The second-order valence-electron chi connectivity index (χ2n) is 6.93. The number of Topliss-reactive ketones (excluding diaryl/α,β-unsaturated/α-hetero) is 2. The molecule has 0 aromatic heterocycles. The minimum atomic E-state index is -0.142. The summed E-state index contributed by atoms with van der Waals surface area (Å²) in [7, 11) is 0. The van der Waals surface area contributed by atoms with Crippen molar-refractivity contribution < 1.29 is 14.4 Å². The van der Waals surface area contributed by atoms with Crippen molar-refractivity contribution in [3.8, 4) is 0 Å². The topological polar surface area (TPSA) is 66.5 Å². The van der Waals surface area contributed by atoms with E-state index in [-0.39, 0.29) is 29.9 Å². The molecule has 1 N–H and O–H groups in total. The number of amides is 1. The van der Waals surface area contributed by atoms with Crippen molar-refractivity contribution in [2.75, 3.05) is 25.0 Å². The van der Waals surface area contributed by atoms with Gasteiger partial charge in [-0.2, -0.15) is 0 Å². The van der Waals surface area contributed by atoms with E-state index in [4.69, 9.17) is 0 Å². The Labute approximate surface area is 159 Å². The van der Waals surface area contributed by atoms with Gasteiger partial charge in [-0.15, -0.1) is 0 Å². The molecule has 0 spiro atoms. The Hall–Kier alpha value is -2.79. The van der Waals surface area contributed by atoms with Gasteiger partial charge in [0.25, 0.3) is 0 Å². The highest BCUT2D eigenvalue weighted by Gasteiger charge is 2.26. The van der Waals surface area contributed by atoms with Crippen LogP contribution in [-0.2, 0) is 4.79 Å². The number of para-hydroxylation sites is 1. The molecular weight excluding hydrogens is 340 g/mol. The van der Waals surface area contributed by atoms with E-state index < -0.39 is 0 Å². The molecule has 2 aromatic carbocycles. The standard InChI is InChI=1S/C22H24N2O3/c1-16(25)19-9-5-6-10-20(19)23-21(26)15-24-13-11-18(12-14-24)22(27)17-7-3-2-4-8-17/h2-10,18H,11-15H2,1H3,(H,23,26). The van der Waals surface area contributed by atoms with Crippen molar-refractivity contribution >= 4 is 23.2 Å². The van der Waals surface area contributed by atoms with E-state index in [1.165, 1.54) is 6.92 Å². The van der Waals surface area contributed by atoms with Crippen LogP contribution in [0.4, 0.5) is 5.69 Å². The first kappa shape index (κ1) is 19.0. The van der Waals surface area contributed by atoms with E-state index in [9.17, 15) is 14.4 Å². The van der Waals surface area contributed by atoms with Crippen LogP contribution < -0.4 is 5.32 Å². The molecule has 1 amide bonds. The van der Waals surface area contributed by atoms with E-state index in [1.807, 2.05) is 30.3 Å². The molecule has 5 heteroatoms. The quantitative estimate of drug-likeness (QED) is 0.798. The Balaban J connectivity index is 1.51. The van der Waals surface area contributed by atoms with Gasteiger partial charge in [0.2, 0.25) is 5.91 Å². The Kier molecular flexibility index (Phi) is 6.14. The lowest BCUT2D eigenvalue weighted by Crippen LogP contribution is -2.40. The lowest BCUT2D eigenvalue weighted by molar-refractivity contribution is -0.117. The van der Waals surface area contributed by atoms with Gasteiger partial charge in [0.1, 0.15) is 0 Å². The molecule has 0 unspecified atom stereocenters. The van der Waals surface area contributed by atoms with Crippen molar-refractivity contribution in [2.24, 2.45) is 5.92 Å². The molecule has 0 bridgehead atoms. The maximum atomic E-state index is 12.5. The van der Waals surface area contributed by atoms with E-state index in [0.29, 0.717) is 24.3 Å². The van der Waals surface area contributed by atoms with Gasteiger partial charge in [-0.3, -0.25) is 19.3 Å². The second-order valence-corrected chi connectivity index (χ2v) is 6.93. The summed E-state index contributed by atoms with van der Waals surface area (Å²) in [6, 6.07) is 16.4. The Morgan fingerprint density at radius 3 is 2.26 bits per heavy atom. The van der Waals surface area contributed by atoms with Crippen LogP contribution in [0.15, 0.2) is 54.6 Å². The fourth-order valence-corrected chi connectivity index (χ4v) is 3.48. The first-order chi connectivity index (χ1) is 13.0. The molecule has 0 radical (unpaired) electrons. The molecule has 5 nitrogen and oxygen atoms in total. The first-order valence-electron chi connectivity index (χ1n) is 9.26. The van der Waals surface area contributed by atoms with Gasteiger partial charge >= 0.3 is 0 Å². The molecule has 1 aliphatic rings. The number of nitrogens with one attached hydrogen (secondary N) is 1. The van der Waals surface area contributed by atoms with E-state index in [0.717, 1.165) is 18.4 Å². The van der Waals surface area contributed by atoms with Crippen molar-refractivity contribution in [3.05, 3.63) is 65.7 Å². The van der Waals surface area contributed by atoms with Gasteiger partial charge in [0, 0.05) is 17.0 Å². The molecule has 1 heterocycles. The van der Waals surface area contributed by atoms with Crippen molar-refractivity contribution in [1.82, 2.24) is 4.90 Å². The van der Waals surface area contributed by atoms with Crippen molar-refractivity contribution in [2.45, 2.75) is 19.8 Å². The summed E-state index contributed by atoms with van der Waals surface area (Å²) >= 11 is 0. The highest BCUT2D eigenvalue weighted by molar-refractivity contribution is 6.04. The number of hydrogen-bond donors (Lipinski definition) is 1. The third kappa shape index (κ3) is 4.89. The molecular formula is C22H24N2O3. The van der Waals surface area contributed by atoms with Gasteiger partial charge < -0.3 is 5.32 Å². The summed E-state index contributed by atoms with van der Waals surface area (Å²) in [4.78, 5) is 38.6.